The third-order valence-corrected chi connectivity index (χ3v) is 6.64. The lowest BCUT2D eigenvalue weighted by atomic mass is 9.96. The van der Waals surface area contributed by atoms with Crippen molar-refractivity contribution in [3.05, 3.63) is 82.9 Å². The molecule has 0 aliphatic carbocycles. The van der Waals surface area contributed by atoms with E-state index in [4.69, 9.17) is 12.2 Å². The molecule has 5 nitrogen and oxygen atoms in total. The zero-order chi connectivity index (χ0) is 22.8. The molecular weight excluding hydrogens is 414 g/mol. The molecule has 168 valence electrons. The van der Waals surface area contributed by atoms with Gasteiger partial charge in [0.15, 0.2) is 5.11 Å². The SMILES string of the molecule is Cc1ccc(-n2c(C)cc([C@H]3[C@H](c4ccccn4)NC(=S)N3CCCN(C)C)c2C)cc1. The second-order valence-corrected chi connectivity index (χ2v) is 9.36. The molecular formula is C26H33N5S. The fourth-order valence-electron chi connectivity index (χ4n) is 4.72. The average Bonchev–Trinajstić information content (AvgIpc) is 3.25. The molecule has 4 rings (SSSR count). The van der Waals surface area contributed by atoms with Crippen molar-refractivity contribution in [2.45, 2.75) is 39.3 Å². The van der Waals surface area contributed by atoms with E-state index in [1.807, 2.05) is 12.3 Å². The Morgan fingerprint density at radius 1 is 1.06 bits per heavy atom. The molecule has 2 atom stereocenters. The van der Waals surface area contributed by atoms with Crippen molar-refractivity contribution in [1.82, 2.24) is 24.7 Å². The first-order valence-corrected chi connectivity index (χ1v) is 11.7. The fraction of sp³-hybridized carbons (Fsp3) is 0.385. The summed E-state index contributed by atoms with van der Waals surface area (Å²) in [5, 5.41) is 4.39. The molecule has 1 fully saturated rings. The van der Waals surface area contributed by atoms with Crippen molar-refractivity contribution in [2.75, 3.05) is 27.2 Å². The minimum atomic E-state index is 0.0232. The van der Waals surface area contributed by atoms with Crippen LogP contribution in [0.15, 0.2) is 54.7 Å². The Kier molecular flexibility index (Phi) is 6.63. The molecule has 1 aromatic carbocycles. The quantitative estimate of drug-likeness (QED) is 0.530. The van der Waals surface area contributed by atoms with E-state index in [9.17, 15) is 0 Å². The maximum absolute atomic E-state index is 5.83. The highest BCUT2D eigenvalue weighted by Gasteiger charge is 2.41. The number of nitrogens with one attached hydrogen (secondary N) is 1. The zero-order valence-electron chi connectivity index (χ0n) is 19.7. The minimum Gasteiger partial charge on any atom is -0.352 e. The van der Waals surface area contributed by atoms with Crippen molar-refractivity contribution in [3.8, 4) is 5.69 Å². The van der Waals surface area contributed by atoms with Gasteiger partial charge in [0.2, 0.25) is 0 Å². The largest absolute Gasteiger partial charge is 0.352 e. The summed E-state index contributed by atoms with van der Waals surface area (Å²) in [6.07, 6.45) is 2.92. The molecule has 1 saturated heterocycles. The molecule has 0 saturated carbocycles. The minimum absolute atomic E-state index is 0.0232. The molecule has 0 bridgehead atoms. The van der Waals surface area contributed by atoms with Crippen LogP contribution in [-0.2, 0) is 0 Å². The van der Waals surface area contributed by atoms with Crippen LogP contribution in [0.1, 0.15) is 46.7 Å². The van der Waals surface area contributed by atoms with E-state index < -0.39 is 0 Å². The van der Waals surface area contributed by atoms with Gasteiger partial charge in [0.05, 0.1) is 17.8 Å². The number of hydrogen-bond donors (Lipinski definition) is 1. The average molecular weight is 448 g/mol. The number of rotatable bonds is 7. The van der Waals surface area contributed by atoms with Gasteiger partial charge in [-0.2, -0.15) is 0 Å². The molecule has 1 N–H and O–H groups in total. The molecule has 2 aromatic heterocycles. The molecule has 32 heavy (non-hydrogen) atoms. The Labute approximate surface area is 197 Å². The van der Waals surface area contributed by atoms with E-state index >= 15 is 0 Å². The van der Waals surface area contributed by atoms with Crippen LogP contribution in [0.5, 0.6) is 0 Å². The van der Waals surface area contributed by atoms with E-state index in [0.29, 0.717) is 0 Å². The topological polar surface area (TPSA) is 36.3 Å². The molecule has 1 aliphatic rings. The molecule has 1 aliphatic heterocycles. The zero-order valence-corrected chi connectivity index (χ0v) is 20.5. The maximum atomic E-state index is 5.83. The Morgan fingerprint density at radius 3 is 2.47 bits per heavy atom. The summed E-state index contributed by atoms with van der Waals surface area (Å²) in [4.78, 5) is 9.26. The lowest BCUT2D eigenvalue weighted by molar-refractivity contribution is 0.292. The monoisotopic (exact) mass is 447 g/mol. The Hall–Kier alpha value is -2.70. The highest BCUT2D eigenvalue weighted by atomic mass is 32.1. The summed E-state index contributed by atoms with van der Waals surface area (Å²) in [7, 11) is 4.23. The van der Waals surface area contributed by atoms with E-state index in [2.05, 4.69) is 102 Å². The number of thiocarbonyl (C=S) groups is 1. The molecule has 0 amide bonds. The third kappa shape index (κ3) is 4.43. The summed E-state index contributed by atoms with van der Waals surface area (Å²) >= 11 is 5.83. The van der Waals surface area contributed by atoms with Gasteiger partial charge in [-0.05, 0) is 95.9 Å². The maximum Gasteiger partial charge on any atom is 0.170 e. The van der Waals surface area contributed by atoms with Crippen LogP contribution in [0.4, 0.5) is 0 Å². The summed E-state index contributed by atoms with van der Waals surface area (Å²) in [5.74, 6) is 0. The van der Waals surface area contributed by atoms with Gasteiger partial charge in [-0.25, -0.2) is 0 Å². The number of aryl methyl sites for hydroxylation is 2. The van der Waals surface area contributed by atoms with Crippen LogP contribution in [0, 0.1) is 20.8 Å². The molecule has 0 spiro atoms. The predicted molar refractivity (Wildman–Crippen MR) is 135 cm³/mol. The molecule has 0 radical (unpaired) electrons. The van der Waals surface area contributed by atoms with Gasteiger partial charge in [-0.15, -0.1) is 0 Å². The van der Waals surface area contributed by atoms with Crippen molar-refractivity contribution >= 4 is 17.3 Å². The molecule has 3 aromatic rings. The van der Waals surface area contributed by atoms with E-state index in [1.54, 1.807) is 0 Å². The Bertz CT molecular complexity index is 1070. The standard InChI is InChI=1S/C26H33N5S/c1-18-10-12-21(13-11-18)31-19(2)17-22(20(31)3)25-24(23-9-6-7-14-27-23)28-26(32)30(25)16-8-15-29(4)5/h6-7,9-14,17,24-25H,8,15-16H2,1-5H3,(H,28,32)/t24-,25-/m0/s1. The third-order valence-electron chi connectivity index (χ3n) is 6.28. The lowest BCUT2D eigenvalue weighted by Crippen LogP contribution is -2.32. The fourth-order valence-corrected chi connectivity index (χ4v) is 5.05. The molecule has 0 unspecified atom stereocenters. The van der Waals surface area contributed by atoms with Crippen molar-refractivity contribution in [1.29, 1.82) is 0 Å². The normalized spacial score (nSPS) is 18.4. The first-order chi connectivity index (χ1) is 15.4. The van der Waals surface area contributed by atoms with Crippen LogP contribution in [0.3, 0.4) is 0 Å². The van der Waals surface area contributed by atoms with E-state index in [0.717, 1.165) is 30.3 Å². The second-order valence-electron chi connectivity index (χ2n) is 8.97. The van der Waals surface area contributed by atoms with Gasteiger partial charge in [0, 0.05) is 29.8 Å². The number of benzene rings is 1. The van der Waals surface area contributed by atoms with Crippen molar-refractivity contribution < 1.29 is 0 Å². The van der Waals surface area contributed by atoms with Gasteiger partial charge in [-0.1, -0.05) is 23.8 Å². The number of hydrogen-bond acceptors (Lipinski definition) is 3. The highest BCUT2D eigenvalue weighted by Crippen LogP contribution is 2.41. The first-order valence-electron chi connectivity index (χ1n) is 11.3. The van der Waals surface area contributed by atoms with Crippen LogP contribution >= 0.6 is 12.2 Å². The summed E-state index contributed by atoms with van der Waals surface area (Å²) < 4.78 is 2.35. The van der Waals surface area contributed by atoms with Crippen molar-refractivity contribution in [3.63, 3.8) is 0 Å². The van der Waals surface area contributed by atoms with Gasteiger partial charge >= 0.3 is 0 Å². The van der Waals surface area contributed by atoms with Gasteiger partial charge < -0.3 is 19.7 Å². The van der Waals surface area contributed by atoms with Crippen LogP contribution < -0.4 is 5.32 Å². The second kappa shape index (κ2) is 9.43. The Morgan fingerprint density at radius 2 is 1.81 bits per heavy atom. The predicted octanol–water partition coefficient (Wildman–Crippen LogP) is 4.72. The summed E-state index contributed by atoms with van der Waals surface area (Å²) in [6.45, 7) is 8.47. The Balaban J connectivity index is 1.76. The first kappa shape index (κ1) is 22.5. The van der Waals surface area contributed by atoms with Gasteiger partial charge in [0.25, 0.3) is 0 Å². The van der Waals surface area contributed by atoms with Gasteiger partial charge in [0.1, 0.15) is 0 Å². The number of pyridine rings is 1. The molecule has 6 heteroatoms. The number of aromatic nitrogens is 2. The van der Waals surface area contributed by atoms with E-state index in [1.165, 1.54) is 28.2 Å². The smallest absolute Gasteiger partial charge is 0.170 e. The lowest BCUT2D eigenvalue weighted by Gasteiger charge is -2.28. The number of nitrogens with zero attached hydrogens (tertiary/aromatic N) is 4. The summed E-state index contributed by atoms with van der Waals surface area (Å²) in [6, 6.07) is 17.3. The van der Waals surface area contributed by atoms with Crippen LogP contribution in [0.2, 0.25) is 0 Å². The van der Waals surface area contributed by atoms with Crippen LogP contribution in [-0.4, -0.2) is 51.6 Å². The van der Waals surface area contributed by atoms with Crippen LogP contribution in [0.25, 0.3) is 5.69 Å². The van der Waals surface area contributed by atoms with Gasteiger partial charge in [-0.3, -0.25) is 4.98 Å². The molecule has 3 heterocycles. The van der Waals surface area contributed by atoms with Crippen molar-refractivity contribution in [2.24, 2.45) is 0 Å². The highest BCUT2D eigenvalue weighted by molar-refractivity contribution is 7.80. The summed E-state index contributed by atoms with van der Waals surface area (Å²) in [5.41, 5.74) is 7.27. The van der Waals surface area contributed by atoms with E-state index in [-0.39, 0.29) is 12.1 Å².